The van der Waals surface area contributed by atoms with Crippen LogP contribution in [0.3, 0.4) is 0 Å². The van der Waals surface area contributed by atoms with Gasteiger partial charge in [0.25, 0.3) is 0 Å². The second kappa shape index (κ2) is 7.28. The van der Waals surface area contributed by atoms with Gasteiger partial charge in [0.15, 0.2) is 0 Å². The Morgan fingerprint density at radius 2 is 1.50 bits per heavy atom. The number of hydrogen-bond acceptors (Lipinski definition) is 1. The lowest BCUT2D eigenvalue weighted by Gasteiger charge is -2.33. The summed E-state index contributed by atoms with van der Waals surface area (Å²) in [6, 6.07) is 0.694. The largest absolute Gasteiger partial charge is 0.313 e. The van der Waals surface area contributed by atoms with Crippen molar-refractivity contribution in [1.82, 2.24) is 5.32 Å². The van der Waals surface area contributed by atoms with Gasteiger partial charge in [-0.25, -0.2) is 0 Å². The van der Waals surface area contributed by atoms with Gasteiger partial charge in [-0.2, -0.15) is 0 Å². The minimum atomic E-state index is 0.694. The Hall–Kier alpha value is -0.0400. The molecule has 0 aliphatic rings. The standard InChI is InChI=1S/C13H29N/c1-7-9-14-13(11(5)6)12(8-2)10(3)4/h10-14H,7-9H2,1-6H3. The Balaban J connectivity index is 4.28. The van der Waals surface area contributed by atoms with Crippen LogP contribution in [-0.2, 0) is 0 Å². The maximum absolute atomic E-state index is 3.70. The van der Waals surface area contributed by atoms with E-state index in [1.54, 1.807) is 0 Å². The summed E-state index contributed by atoms with van der Waals surface area (Å²) in [5.74, 6) is 2.35. The van der Waals surface area contributed by atoms with Crippen LogP contribution in [0.1, 0.15) is 54.4 Å². The predicted molar refractivity (Wildman–Crippen MR) is 65.5 cm³/mol. The third kappa shape index (κ3) is 4.45. The molecule has 86 valence electrons. The number of nitrogens with one attached hydrogen (secondary N) is 1. The molecule has 0 aromatic heterocycles. The maximum Gasteiger partial charge on any atom is 0.0121 e. The van der Waals surface area contributed by atoms with E-state index in [9.17, 15) is 0 Å². The molecule has 0 aliphatic carbocycles. The van der Waals surface area contributed by atoms with Gasteiger partial charge < -0.3 is 5.32 Å². The molecule has 14 heavy (non-hydrogen) atoms. The van der Waals surface area contributed by atoms with Crippen molar-refractivity contribution >= 4 is 0 Å². The fourth-order valence-electron chi connectivity index (χ4n) is 2.33. The lowest BCUT2D eigenvalue weighted by Crippen LogP contribution is -2.42. The van der Waals surface area contributed by atoms with Crippen molar-refractivity contribution in [2.24, 2.45) is 17.8 Å². The molecular formula is C13H29N. The van der Waals surface area contributed by atoms with Crippen LogP contribution >= 0.6 is 0 Å². The van der Waals surface area contributed by atoms with Gasteiger partial charge in [-0.3, -0.25) is 0 Å². The summed E-state index contributed by atoms with van der Waals surface area (Å²) in [4.78, 5) is 0. The van der Waals surface area contributed by atoms with Crippen LogP contribution < -0.4 is 5.32 Å². The van der Waals surface area contributed by atoms with Gasteiger partial charge in [0.1, 0.15) is 0 Å². The summed E-state index contributed by atoms with van der Waals surface area (Å²) in [5, 5.41) is 3.70. The first kappa shape index (κ1) is 14.0. The molecule has 2 unspecified atom stereocenters. The number of rotatable bonds is 7. The van der Waals surface area contributed by atoms with Crippen LogP contribution in [0.2, 0.25) is 0 Å². The van der Waals surface area contributed by atoms with Crippen LogP contribution in [-0.4, -0.2) is 12.6 Å². The van der Waals surface area contributed by atoms with E-state index in [-0.39, 0.29) is 0 Å². The van der Waals surface area contributed by atoms with Crippen LogP contribution in [0.15, 0.2) is 0 Å². The van der Waals surface area contributed by atoms with Crippen molar-refractivity contribution in [2.75, 3.05) is 6.54 Å². The molecule has 0 bridgehead atoms. The lowest BCUT2D eigenvalue weighted by molar-refractivity contribution is 0.219. The van der Waals surface area contributed by atoms with E-state index in [0.717, 1.165) is 24.3 Å². The third-order valence-electron chi connectivity index (χ3n) is 3.14. The molecule has 0 radical (unpaired) electrons. The minimum absolute atomic E-state index is 0.694. The Morgan fingerprint density at radius 3 is 1.79 bits per heavy atom. The van der Waals surface area contributed by atoms with E-state index in [4.69, 9.17) is 0 Å². The van der Waals surface area contributed by atoms with E-state index in [0.29, 0.717) is 6.04 Å². The quantitative estimate of drug-likeness (QED) is 0.659. The second-order valence-electron chi connectivity index (χ2n) is 5.04. The Morgan fingerprint density at radius 1 is 0.929 bits per heavy atom. The SMILES string of the molecule is CCCNC(C(C)C)C(CC)C(C)C. The van der Waals surface area contributed by atoms with E-state index < -0.39 is 0 Å². The first-order chi connectivity index (χ1) is 6.54. The zero-order valence-electron chi connectivity index (χ0n) is 10.9. The van der Waals surface area contributed by atoms with Gasteiger partial charge in [0.05, 0.1) is 0 Å². The molecule has 1 N–H and O–H groups in total. The fraction of sp³-hybridized carbons (Fsp3) is 1.00. The zero-order valence-corrected chi connectivity index (χ0v) is 10.9. The van der Waals surface area contributed by atoms with Gasteiger partial charge >= 0.3 is 0 Å². The lowest BCUT2D eigenvalue weighted by atomic mass is 9.81. The molecule has 1 nitrogen and oxygen atoms in total. The molecule has 0 aromatic rings. The average molecular weight is 199 g/mol. The van der Waals surface area contributed by atoms with E-state index in [2.05, 4.69) is 46.9 Å². The van der Waals surface area contributed by atoms with E-state index in [1.807, 2.05) is 0 Å². The highest BCUT2D eigenvalue weighted by molar-refractivity contribution is 4.80. The van der Waals surface area contributed by atoms with Crippen molar-refractivity contribution in [3.63, 3.8) is 0 Å². The fourth-order valence-corrected chi connectivity index (χ4v) is 2.33. The minimum Gasteiger partial charge on any atom is -0.313 e. The van der Waals surface area contributed by atoms with Crippen molar-refractivity contribution < 1.29 is 0 Å². The van der Waals surface area contributed by atoms with Crippen LogP contribution in [0.5, 0.6) is 0 Å². The maximum atomic E-state index is 3.70. The Bertz CT molecular complexity index is 129. The first-order valence-corrected chi connectivity index (χ1v) is 6.27. The molecule has 0 aliphatic heterocycles. The summed E-state index contributed by atoms with van der Waals surface area (Å²) in [6.45, 7) is 15.1. The van der Waals surface area contributed by atoms with Crippen LogP contribution in [0, 0.1) is 17.8 Å². The van der Waals surface area contributed by atoms with Gasteiger partial charge in [-0.1, -0.05) is 48.0 Å². The summed E-state index contributed by atoms with van der Waals surface area (Å²) >= 11 is 0. The molecular weight excluding hydrogens is 170 g/mol. The smallest absolute Gasteiger partial charge is 0.0121 e. The van der Waals surface area contributed by atoms with Crippen molar-refractivity contribution in [1.29, 1.82) is 0 Å². The van der Waals surface area contributed by atoms with Gasteiger partial charge in [0.2, 0.25) is 0 Å². The van der Waals surface area contributed by atoms with E-state index >= 15 is 0 Å². The molecule has 0 rings (SSSR count). The molecule has 0 aromatic carbocycles. The summed E-state index contributed by atoms with van der Waals surface area (Å²) in [5.41, 5.74) is 0. The average Bonchev–Trinajstić information content (AvgIpc) is 2.10. The van der Waals surface area contributed by atoms with Gasteiger partial charge in [0, 0.05) is 6.04 Å². The highest BCUT2D eigenvalue weighted by Crippen LogP contribution is 2.24. The number of hydrogen-bond donors (Lipinski definition) is 1. The topological polar surface area (TPSA) is 12.0 Å². The van der Waals surface area contributed by atoms with Crippen molar-refractivity contribution in [3.05, 3.63) is 0 Å². The Kier molecular flexibility index (Phi) is 7.26. The van der Waals surface area contributed by atoms with Gasteiger partial charge in [-0.15, -0.1) is 0 Å². The molecule has 1 heteroatoms. The molecule has 0 saturated heterocycles. The predicted octanol–water partition coefficient (Wildman–Crippen LogP) is 3.69. The summed E-state index contributed by atoms with van der Waals surface area (Å²) < 4.78 is 0. The molecule has 2 atom stereocenters. The second-order valence-corrected chi connectivity index (χ2v) is 5.04. The molecule has 0 heterocycles. The highest BCUT2D eigenvalue weighted by Gasteiger charge is 2.24. The highest BCUT2D eigenvalue weighted by atomic mass is 14.9. The summed E-state index contributed by atoms with van der Waals surface area (Å²) in [6.07, 6.45) is 2.52. The Labute approximate surface area is 90.7 Å². The molecule has 0 fully saturated rings. The van der Waals surface area contributed by atoms with Crippen LogP contribution in [0.4, 0.5) is 0 Å². The molecule has 0 amide bonds. The summed E-state index contributed by atoms with van der Waals surface area (Å²) in [7, 11) is 0. The molecule has 0 saturated carbocycles. The van der Waals surface area contributed by atoms with E-state index in [1.165, 1.54) is 12.8 Å². The monoisotopic (exact) mass is 199 g/mol. The zero-order chi connectivity index (χ0) is 11.1. The van der Waals surface area contributed by atoms with Crippen LogP contribution in [0.25, 0.3) is 0 Å². The van der Waals surface area contributed by atoms with Crippen molar-refractivity contribution in [2.45, 2.75) is 60.4 Å². The normalized spacial score (nSPS) is 16.3. The third-order valence-corrected chi connectivity index (χ3v) is 3.14. The first-order valence-electron chi connectivity index (χ1n) is 6.27. The van der Waals surface area contributed by atoms with Gasteiger partial charge in [-0.05, 0) is 30.7 Å². The van der Waals surface area contributed by atoms with Crippen molar-refractivity contribution in [3.8, 4) is 0 Å². The molecule has 0 spiro atoms.